The molecule has 6 nitrogen and oxygen atoms in total. The van der Waals surface area contributed by atoms with Gasteiger partial charge in [-0.25, -0.2) is 9.97 Å². The van der Waals surface area contributed by atoms with E-state index in [1.54, 1.807) is 0 Å². The van der Waals surface area contributed by atoms with Crippen LogP contribution in [0.3, 0.4) is 0 Å². The Labute approximate surface area is 140 Å². The number of nitrogens with one attached hydrogen (secondary N) is 1. The fraction of sp³-hybridized carbons (Fsp3) is 0.250. The number of aryl methyl sites for hydroxylation is 1. The minimum absolute atomic E-state index is 0.00435. The van der Waals surface area contributed by atoms with Crippen LogP contribution in [0.25, 0.3) is 0 Å². The standard InChI is InChI=1S/C16H19ClN5O/c1-9(7-11-6-4-3-5-10(11)2)8-20-16(23)12-14(18)22-15(19)13(17)21-12/h3-6,9H,1,7-8H2,2H3,(H,20,23)(H4,18,19,22)/t9-/m0/s1. The van der Waals surface area contributed by atoms with Gasteiger partial charge in [0, 0.05) is 6.54 Å². The van der Waals surface area contributed by atoms with Crippen molar-refractivity contribution in [3.8, 4) is 0 Å². The minimum atomic E-state index is -0.449. The molecule has 0 saturated heterocycles. The zero-order chi connectivity index (χ0) is 17.0. The van der Waals surface area contributed by atoms with Crippen molar-refractivity contribution in [1.82, 2.24) is 15.3 Å². The van der Waals surface area contributed by atoms with E-state index in [9.17, 15) is 4.79 Å². The van der Waals surface area contributed by atoms with E-state index in [4.69, 9.17) is 23.1 Å². The second-order valence-corrected chi connectivity index (χ2v) is 5.70. The lowest BCUT2D eigenvalue weighted by Gasteiger charge is -2.14. The number of anilines is 2. The zero-order valence-corrected chi connectivity index (χ0v) is 13.6. The third-order valence-electron chi connectivity index (χ3n) is 3.44. The molecule has 1 heterocycles. The van der Waals surface area contributed by atoms with E-state index in [0.717, 1.165) is 6.42 Å². The number of benzene rings is 1. The van der Waals surface area contributed by atoms with Gasteiger partial charge in [-0.2, -0.15) is 0 Å². The number of rotatable bonds is 5. The second-order valence-electron chi connectivity index (χ2n) is 5.34. The number of nitrogens with two attached hydrogens (primary N) is 2. The average Bonchev–Trinajstić information content (AvgIpc) is 2.51. The van der Waals surface area contributed by atoms with Crippen molar-refractivity contribution in [3.05, 3.63) is 53.2 Å². The van der Waals surface area contributed by atoms with Gasteiger partial charge in [0.1, 0.15) is 0 Å². The fourth-order valence-electron chi connectivity index (χ4n) is 2.15. The summed E-state index contributed by atoms with van der Waals surface area (Å²) in [4.78, 5) is 19.8. The summed E-state index contributed by atoms with van der Waals surface area (Å²) in [5.74, 6) is -0.493. The molecule has 0 spiro atoms. The van der Waals surface area contributed by atoms with Gasteiger partial charge in [-0.15, -0.1) is 0 Å². The van der Waals surface area contributed by atoms with Gasteiger partial charge in [-0.05, 0) is 37.3 Å². The summed E-state index contributed by atoms with van der Waals surface area (Å²) in [6, 6.07) is 8.08. The SMILES string of the molecule is [CH2][C@H](CNC(=O)c1nc(Cl)c(N)nc1N)Cc1ccccc1C. The van der Waals surface area contributed by atoms with Crippen molar-refractivity contribution in [1.29, 1.82) is 0 Å². The molecule has 7 heteroatoms. The molecular formula is C16H19ClN5O. The van der Waals surface area contributed by atoms with Gasteiger partial charge < -0.3 is 16.8 Å². The summed E-state index contributed by atoms with van der Waals surface area (Å²) in [5, 5.41) is 2.70. The predicted molar refractivity (Wildman–Crippen MR) is 91.9 cm³/mol. The highest BCUT2D eigenvalue weighted by molar-refractivity contribution is 6.31. The summed E-state index contributed by atoms with van der Waals surface area (Å²) < 4.78 is 0. The Bertz CT molecular complexity index is 720. The first kappa shape index (κ1) is 17.0. The van der Waals surface area contributed by atoms with Crippen LogP contribution in [0.2, 0.25) is 5.15 Å². The molecule has 121 valence electrons. The van der Waals surface area contributed by atoms with E-state index < -0.39 is 5.91 Å². The lowest BCUT2D eigenvalue weighted by molar-refractivity contribution is 0.0945. The molecule has 1 atom stereocenters. The quantitative estimate of drug-likeness (QED) is 0.776. The number of aromatic nitrogens is 2. The second kappa shape index (κ2) is 7.28. The van der Waals surface area contributed by atoms with E-state index in [0.29, 0.717) is 6.54 Å². The van der Waals surface area contributed by atoms with Crippen LogP contribution in [-0.2, 0) is 6.42 Å². The van der Waals surface area contributed by atoms with Gasteiger partial charge in [-0.3, -0.25) is 4.79 Å². The Morgan fingerprint density at radius 3 is 2.70 bits per heavy atom. The molecule has 0 aliphatic carbocycles. The Morgan fingerprint density at radius 2 is 2.00 bits per heavy atom. The van der Waals surface area contributed by atoms with Crippen LogP contribution in [0.1, 0.15) is 21.6 Å². The smallest absolute Gasteiger partial charge is 0.273 e. The maximum atomic E-state index is 12.1. The van der Waals surface area contributed by atoms with Crippen molar-refractivity contribution in [2.24, 2.45) is 5.92 Å². The van der Waals surface area contributed by atoms with Crippen molar-refractivity contribution >= 4 is 29.1 Å². The van der Waals surface area contributed by atoms with Gasteiger partial charge in [-0.1, -0.05) is 35.9 Å². The molecular weight excluding hydrogens is 314 g/mol. The monoisotopic (exact) mass is 332 g/mol. The highest BCUT2D eigenvalue weighted by Crippen LogP contribution is 2.17. The van der Waals surface area contributed by atoms with Gasteiger partial charge in [0.15, 0.2) is 22.5 Å². The molecule has 2 rings (SSSR count). The summed E-state index contributed by atoms with van der Waals surface area (Å²) in [5.41, 5.74) is 13.5. The molecule has 0 aliphatic rings. The Hall–Kier alpha value is -2.34. The summed E-state index contributed by atoms with van der Waals surface area (Å²) >= 11 is 5.77. The van der Waals surface area contributed by atoms with Gasteiger partial charge >= 0.3 is 0 Å². The van der Waals surface area contributed by atoms with E-state index in [1.807, 2.05) is 25.1 Å². The molecule has 2 aromatic rings. The van der Waals surface area contributed by atoms with E-state index in [1.165, 1.54) is 11.1 Å². The van der Waals surface area contributed by atoms with Crippen LogP contribution >= 0.6 is 11.6 Å². The molecule has 1 radical (unpaired) electrons. The van der Waals surface area contributed by atoms with Gasteiger partial charge in [0.25, 0.3) is 5.91 Å². The Morgan fingerprint density at radius 1 is 1.30 bits per heavy atom. The van der Waals surface area contributed by atoms with E-state index in [-0.39, 0.29) is 28.4 Å². The molecule has 1 amide bonds. The Balaban J connectivity index is 1.96. The highest BCUT2D eigenvalue weighted by Gasteiger charge is 2.16. The van der Waals surface area contributed by atoms with Crippen LogP contribution in [-0.4, -0.2) is 22.4 Å². The molecule has 1 aromatic heterocycles. The van der Waals surface area contributed by atoms with E-state index >= 15 is 0 Å². The summed E-state index contributed by atoms with van der Waals surface area (Å²) in [7, 11) is 0. The first-order valence-electron chi connectivity index (χ1n) is 7.12. The zero-order valence-electron chi connectivity index (χ0n) is 12.8. The maximum Gasteiger partial charge on any atom is 0.273 e. The topological polar surface area (TPSA) is 107 Å². The van der Waals surface area contributed by atoms with Crippen molar-refractivity contribution < 1.29 is 4.79 Å². The third kappa shape index (κ3) is 4.32. The van der Waals surface area contributed by atoms with E-state index in [2.05, 4.69) is 28.3 Å². The largest absolute Gasteiger partial charge is 0.382 e. The van der Waals surface area contributed by atoms with Crippen LogP contribution in [0.5, 0.6) is 0 Å². The number of nitrogen functional groups attached to an aromatic ring is 2. The fourth-order valence-corrected chi connectivity index (χ4v) is 2.28. The normalized spacial score (nSPS) is 12.0. The Kier molecular flexibility index (Phi) is 5.39. The molecule has 1 aromatic carbocycles. The van der Waals surface area contributed by atoms with Crippen LogP contribution in [0, 0.1) is 19.8 Å². The van der Waals surface area contributed by atoms with Crippen LogP contribution < -0.4 is 16.8 Å². The van der Waals surface area contributed by atoms with Crippen LogP contribution in [0.15, 0.2) is 24.3 Å². The predicted octanol–water partition coefficient (Wildman–Crippen LogP) is 2.03. The average molecular weight is 333 g/mol. The number of nitrogens with zero attached hydrogens (tertiary/aromatic N) is 2. The maximum absolute atomic E-state index is 12.1. The lowest BCUT2D eigenvalue weighted by atomic mass is 9.97. The number of hydrogen-bond donors (Lipinski definition) is 3. The lowest BCUT2D eigenvalue weighted by Crippen LogP contribution is -2.31. The first-order valence-corrected chi connectivity index (χ1v) is 7.50. The molecule has 0 unspecified atom stereocenters. The van der Waals surface area contributed by atoms with Gasteiger partial charge in [0.05, 0.1) is 0 Å². The molecule has 0 aliphatic heterocycles. The van der Waals surface area contributed by atoms with Gasteiger partial charge in [0.2, 0.25) is 0 Å². The third-order valence-corrected chi connectivity index (χ3v) is 3.72. The number of carbonyl (C=O) groups is 1. The minimum Gasteiger partial charge on any atom is -0.382 e. The number of carbonyl (C=O) groups excluding carboxylic acids is 1. The number of halogens is 1. The molecule has 5 N–H and O–H groups in total. The molecule has 0 saturated carbocycles. The molecule has 0 bridgehead atoms. The van der Waals surface area contributed by atoms with Crippen LogP contribution in [0.4, 0.5) is 11.6 Å². The highest BCUT2D eigenvalue weighted by atomic mass is 35.5. The molecule has 0 fully saturated rings. The van der Waals surface area contributed by atoms with Crippen molar-refractivity contribution in [2.75, 3.05) is 18.0 Å². The number of amides is 1. The number of hydrogen-bond acceptors (Lipinski definition) is 5. The molecule has 23 heavy (non-hydrogen) atoms. The summed E-state index contributed by atoms with van der Waals surface area (Å²) in [6.07, 6.45) is 0.761. The van der Waals surface area contributed by atoms with Crippen molar-refractivity contribution in [2.45, 2.75) is 13.3 Å². The summed E-state index contributed by atoms with van der Waals surface area (Å²) in [6.45, 7) is 6.50. The first-order chi connectivity index (χ1) is 10.9. The van der Waals surface area contributed by atoms with Crippen molar-refractivity contribution in [3.63, 3.8) is 0 Å².